The van der Waals surface area contributed by atoms with Crippen molar-refractivity contribution in [3.63, 3.8) is 0 Å². The summed E-state index contributed by atoms with van der Waals surface area (Å²) in [6.45, 7) is 15.2. The van der Waals surface area contributed by atoms with Crippen molar-refractivity contribution in [1.29, 1.82) is 0 Å². The average molecular weight is 437 g/mol. The molecule has 2 saturated heterocycles. The number of aromatic nitrogens is 2. The highest BCUT2D eigenvalue weighted by atomic mass is 35.5. The zero-order valence-electron chi connectivity index (χ0n) is 17.1. The minimum absolute atomic E-state index is 0. The molecule has 10 heteroatoms. The van der Waals surface area contributed by atoms with Gasteiger partial charge in [0.2, 0.25) is 11.8 Å². The van der Waals surface area contributed by atoms with Crippen molar-refractivity contribution in [2.45, 2.75) is 39.2 Å². The fraction of sp³-hybridized carbons (Fsp3) is 0.833. The smallest absolute Gasteiger partial charge is 0.232 e. The minimum Gasteiger partial charge on any atom is -0.340 e. The lowest BCUT2D eigenvalue weighted by molar-refractivity contribution is -0.132. The molecule has 2 aliphatic heterocycles. The van der Waals surface area contributed by atoms with Crippen molar-refractivity contribution in [3.8, 4) is 0 Å². The van der Waals surface area contributed by atoms with E-state index in [2.05, 4.69) is 46.0 Å². The Balaban J connectivity index is 0.00000196. The average Bonchev–Trinajstić information content (AvgIpc) is 3.10. The highest BCUT2D eigenvalue weighted by Gasteiger charge is 2.24. The van der Waals surface area contributed by atoms with Gasteiger partial charge in [-0.05, 0) is 0 Å². The molecule has 0 spiro atoms. The molecule has 0 unspecified atom stereocenters. The van der Waals surface area contributed by atoms with E-state index >= 15 is 0 Å². The van der Waals surface area contributed by atoms with Gasteiger partial charge < -0.3 is 19.6 Å². The van der Waals surface area contributed by atoms with Crippen LogP contribution in [0.25, 0.3) is 0 Å². The second-order valence-electron chi connectivity index (χ2n) is 8.26. The Kier molecular flexibility index (Phi) is 10.1. The third kappa shape index (κ3) is 7.15. The van der Waals surface area contributed by atoms with Crippen LogP contribution in [0.3, 0.4) is 0 Å². The van der Waals surface area contributed by atoms with E-state index in [1.54, 1.807) is 0 Å². The molecule has 162 valence electrons. The van der Waals surface area contributed by atoms with Gasteiger partial charge in [-0.3, -0.25) is 9.69 Å². The molecular formula is C18H34Cl2N6O2. The molecule has 2 aliphatic rings. The topological polar surface area (TPSA) is 77.7 Å². The van der Waals surface area contributed by atoms with E-state index in [1.807, 2.05) is 4.90 Å². The molecule has 2 fully saturated rings. The summed E-state index contributed by atoms with van der Waals surface area (Å²) in [6.07, 6.45) is 0.625. The molecule has 8 nitrogen and oxygen atoms in total. The molecule has 0 radical (unpaired) electrons. The van der Waals surface area contributed by atoms with Crippen LogP contribution >= 0.6 is 24.8 Å². The molecule has 0 aromatic carbocycles. The zero-order valence-corrected chi connectivity index (χ0v) is 18.8. The Hall–Kier alpha value is -0.930. The van der Waals surface area contributed by atoms with Gasteiger partial charge in [-0.2, -0.15) is 4.98 Å². The predicted octanol–water partition coefficient (Wildman–Crippen LogP) is 1.15. The van der Waals surface area contributed by atoms with Crippen LogP contribution in [-0.4, -0.2) is 89.7 Å². The van der Waals surface area contributed by atoms with Crippen LogP contribution in [0.5, 0.6) is 0 Å². The summed E-state index contributed by atoms with van der Waals surface area (Å²) in [5.41, 5.74) is -0.110. The largest absolute Gasteiger partial charge is 0.340 e. The van der Waals surface area contributed by atoms with Gasteiger partial charge in [0.15, 0.2) is 5.82 Å². The number of hydrogen-bond acceptors (Lipinski definition) is 7. The summed E-state index contributed by atoms with van der Waals surface area (Å²) in [5, 5.41) is 7.39. The lowest BCUT2D eigenvalue weighted by atomic mass is 9.97. The Morgan fingerprint density at radius 2 is 1.64 bits per heavy atom. The van der Waals surface area contributed by atoms with Gasteiger partial charge in [0.1, 0.15) is 0 Å². The van der Waals surface area contributed by atoms with E-state index in [9.17, 15) is 4.79 Å². The summed E-state index contributed by atoms with van der Waals surface area (Å²) in [4.78, 5) is 23.5. The van der Waals surface area contributed by atoms with Crippen molar-refractivity contribution < 1.29 is 9.32 Å². The number of amides is 1. The monoisotopic (exact) mass is 436 g/mol. The molecular weight excluding hydrogens is 403 g/mol. The van der Waals surface area contributed by atoms with E-state index in [4.69, 9.17) is 4.52 Å². The van der Waals surface area contributed by atoms with Crippen molar-refractivity contribution in [2.24, 2.45) is 0 Å². The van der Waals surface area contributed by atoms with Crippen molar-refractivity contribution in [1.82, 2.24) is 30.2 Å². The van der Waals surface area contributed by atoms with E-state index in [-0.39, 0.29) is 36.1 Å². The molecule has 1 amide bonds. The van der Waals surface area contributed by atoms with E-state index < -0.39 is 0 Å². The summed E-state index contributed by atoms with van der Waals surface area (Å²) in [6, 6.07) is 0. The zero-order chi connectivity index (χ0) is 18.6. The number of nitrogens with one attached hydrogen (secondary N) is 1. The van der Waals surface area contributed by atoms with Crippen LogP contribution in [0.4, 0.5) is 0 Å². The van der Waals surface area contributed by atoms with Crippen LogP contribution < -0.4 is 5.32 Å². The maximum Gasteiger partial charge on any atom is 0.232 e. The second kappa shape index (κ2) is 11.3. The third-order valence-corrected chi connectivity index (χ3v) is 5.05. The Morgan fingerprint density at radius 1 is 1.04 bits per heavy atom. The number of carbonyl (C=O) groups is 1. The predicted molar refractivity (Wildman–Crippen MR) is 113 cm³/mol. The molecule has 0 atom stereocenters. The SMILES string of the molecule is CC(C)(C)c1nc(CN2CCN(CCC(=O)N3CCNCC3)CC2)no1.Cl.Cl. The van der Waals surface area contributed by atoms with E-state index in [1.165, 1.54) is 0 Å². The number of rotatable bonds is 5. The molecule has 1 aromatic heterocycles. The third-order valence-electron chi connectivity index (χ3n) is 5.05. The van der Waals surface area contributed by atoms with Crippen LogP contribution in [0.1, 0.15) is 38.9 Å². The standard InChI is InChI=1S/C18H32N6O2.2ClH/c1-18(2,3)17-20-15(21-26-17)14-23-12-10-22(11-13-23)7-4-16(25)24-8-5-19-6-9-24;;/h19H,4-14H2,1-3H3;2*1H. The summed E-state index contributed by atoms with van der Waals surface area (Å²) >= 11 is 0. The molecule has 0 saturated carbocycles. The minimum atomic E-state index is -0.110. The number of hydrogen-bond donors (Lipinski definition) is 1. The van der Waals surface area contributed by atoms with Crippen molar-refractivity contribution in [2.75, 3.05) is 58.9 Å². The summed E-state index contributed by atoms with van der Waals surface area (Å²) < 4.78 is 5.37. The molecule has 28 heavy (non-hydrogen) atoms. The Labute approximate surface area is 180 Å². The van der Waals surface area contributed by atoms with Gasteiger partial charge in [-0.1, -0.05) is 25.9 Å². The molecule has 1 N–H and O–H groups in total. The quantitative estimate of drug-likeness (QED) is 0.741. The van der Waals surface area contributed by atoms with Gasteiger partial charge in [0, 0.05) is 70.7 Å². The lowest BCUT2D eigenvalue weighted by Gasteiger charge is -2.34. The van der Waals surface area contributed by atoms with E-state index in [0.717, 1.165) is 71.3 Å². The highest BCUT2D eigenvalue weighted by molar-refractivity contribution is 5.85. The number of halogens is 2. The van der Waals surface area contributed by atoms with Crippen LogP contribution in [0.2, 0.25) is 0 Å². The fourth-order valence-corrected chi connectivity index (χ4v) is 3.32. The van der Waals surface area contributed by atoms with Gasteiger partial charge in [0.05, 0.1) is 6.54 Å². The molecule has 3 rings (SSSR count). The van der Waals surface area contributed by atoms with Crippen LogP contribution in [0, 0.1) is 0 Å². The first-order valence-corrected chi connectivity index (χ1v) is 9.68. The van der Waals surface area contributed by atoms with Crippen molar-refractivity contribution >= 4 is 30.7 Å². The Bertz CT molecular complexity index is 593. The number of carbonyl (C=O) groups excluding carboxylic acids is 1. The van der Waals surface area contributed by atoms with E-state index in [0.29, 0.717) is 12.3 Å². The second-order valence-corrected chi connectivity index (χ2v) is 8.26. The normalized spacial score (nSPS) is 19.0. The molecule has 0 bridgehead atoms. The first-order chi connectivity index (χ1) is 12.4. The van der Waals surface area contributed by atoms with Gasteiger partial charge in [-0.25, -0.2) is 0 Å². The molecule has 3 heterocycles. The van der Waals surface area contributed by atoms with Crippen molar-refractivity contribution in [3.05, 3.63) is 11.7 Å². The van der Waals surface area contributed by atoms with Gasteiger partial charge in [0.25, 0.3) is 0 Å². The first-order valence-electron chi connectivity index (χ1n) is 9.68. The number of nitrogens with zero attached hydrogens (tertiary/aromatic N) is 5. The highest BCUT2D eigenvalue weighted by Crippen LogP contribution is 2.20. The van der Waals surface area contributed by atoms with Crippen LogP contribution in [-0.2, 0) is 16.8 Å². The molecule has 0 aliphatic carbocycles. The molecule has 1 aromatic rings. The fourth-order valence-electron chi connectivity index (χ4n) is 3.32. The summed E-state index contributed by atoms with van der Waals surface area (Å²) in [7, 11) is 0. The number of piperazine rings is 2. The summed E-state index contributed by atoms with van der Waals surface area (Å²) in [5.74, 6) is 1.74. The van der Waals surface area contributed by atoms with Crippen LogP contribution in [0.15, 0.2) is 4.52 Å². The van der Waals surface area contributed by atoms with Gasteiger partial charge >= 0.3 is 0 Å². The maximum atomic E-state index is 12.3. The lowest BCUT2D eigenvalue weighted by Crippen LogP contribution is -2.49. The maximum absolute atomic E-state index is 12.3. The van der Waals surface area contributed by atoms with Gasteiger partial charge in [-0.15, -0.1) is 24.8 Å². The first kappa shape index (κ1) is 25.1. The Morgan fingerprint density at radius 3 is 2.21 bits per heavy atom.